The van der Waals surface area contributed by atoms with Crippen LogP contribution in [0.15, 0.2) is 29.4 Å². The molecule has 0 N–H and O–H groups in total. The smallest absolute Gasteiger partial charge is 0.235 e. The summed E-state index contributed by atoms with van der Waals surface area (Å²) in [6.45, 7) is 3.95. The van der Waals surface area contributed by atoms with Crippen LogP contribution in [-0.4, -0.2) is 43.9 Å². The molecule has 3 rings (SSSR count). The molecular weight excluding hydrogens is 360 g/mol. The molecule has 0 aliphatic carbocycles. The second-order valence-corrected chi connectivity index (χ2v) is 7.74. The minimum Gasteiger partial charge on any atom is -0.486 e. The van der Waals surface area contributed by atoms with Crippen molar-refractivity contribution < 1.29 is 9.53 Å². The number of halogens is 1. The first-order valence-corrected chi connectivity index (χ1v) is 9.52. The van der Waals surface area contributed by atoms with Gasteiger partial charge in [-0.25, -0.2) is 0 Å². The maximum atomic E-state index is 12.4. The average molecular weight is 381 g/mol. The lowest BCUT2D eigenvalue weighted by molar-refractivity contribution is -0.129. The number of thioether (sulfide) groups is 1. The largest absolute Gasteiger partial charge is 0.486 e. The molecule has 0 bridgehead atoms. The van der Waals surface area contributed by atoms with Crippen molar-refractivity contribution in [1.29, 1.82) is 0 Å². The summed E-state index contributed by atoms with van der Waals surface area (Å²) >= 11 is 7.30. The molecule has 2 aromatic rings. The minimum absolute atomic E-state index is 0.171. The number of amides is 1. The molecule has 25 heavy (non-hydrogen) atoms. The first kappa shape index (κ1) is 18.1. The quantitative estimate of drug-likeness (QED) is 0.720. The number of nitrogens with zero attached hydrogens (tertiary/aromatic N) is 4. The van der Waals surface area contributed by atoms with E-state index in [1.54, 1.807) is 12.1 Å². The number of carbonyl (C=O) groups excluding carboxylic acids is 1. The highest BCUT2D eigenvalue weighted by Gasteiger charge is 2.25. The van der Waals surface area contributed by atoms with Gasteiger partial charge in [0, 0.05) is 25.2 Å². The van der Waals surface area contributed by atoms with Gasteiger partial charge in [0.15, 0.2) is 11.0 Å². The first-order chi connectivity index (χ1) is 12.0. The van der Waals surface area contributed by atoms with Crippen molar-refractivity contribution in [2.75, 3.05) is 13.1 Å². The van der Waals surface area contributed by atoms with Crippen LogP contribution in [0.1, 0.15) is 25.6 Å². The molecule has 134 valence electrons. The van der Waals surface area contributed by atoms with E-state index in [0.29, 0.717) is 17.5 Å². The summed E-state index contributed by atoms with van der Waals surface area (Å²) in [4.78, 5) is 14.3. The van der Waals surface area contributed by atoms with Gasteiger partial charge in [-0.2, -0.15) is 0 Å². The molecule has 1 saturated heterocycles. The molecular formula is C17H21ClN4O2S. The molecule has 0 radical (unpaired) electrons. The van der Waals surface area contributed by atoms with Gasteiger partial charge in [0.25, 0.3) is 0 Å². The van der Waals surface area contributed by atoms with Crippen LogP contribution >= 0.6 is 23.4 Å². The van der Waals surface area contributed by atoms with Gasteiger partial charge in [0.2, 0.25) is 5.91 Å². The van der Waals surface area contributed by atoms with Gasteiger partial charge in [-0.15, -0.1) is 10.2 Å². The van der Waals surface area contributed by atoms with Crippen molar-refractivity contribution in [3.05, 3.63) is 35.1 Å². The molecule has 0 saturated carbocycles. The van der Waals surface area contributed by atoms with E-state index < -0.39 is 0 Å². The molecule has 1 aromatic carbocycles. The third-order valence-corrected chi connectivity index (χ3v) is 5.53. The van der Waals surface area contributed by atoms with Crippen molar-refractivity contribution in [3.8, 4) is 5.75 Å². The van der Waals surface area contributed by atoms with E-state index in [0.717, 1.165) is 36.8 Å². The Morgan fingerprint density at radius 2 is 1.96 bits per heavy atom. The van der Waals surface area contributed by atoms with Gasteiger partial charge < -0.3 is 14.2 Å². The monoisotopic (exact) mass is 380 g/mol. The van der Waals surface area contributed by atoms with Gasteiger partial charge in [-0.1, -0.05) is 23.4 Å². The summed E-state index contributed by atoms with van der Waals surface area (Å²) in [7, 11) is 1.88. The van der Waals surface area contributed by atoms with E-state index in [-0.39, 0.29) is 11.2 Å². The number of ether oxygens (including phenoxy) is 1. The summed E-state index contributed by atoms with van der Waals surface area (Å²) in [5.74, 6) is 1.60. The first-order valence-electron chi connectivity index (χ1n) is 8.26. The van der Waals surface area contributed by atoms with Crippen LogP contribution in [0.3, 0.4) is 0 Å². The molecule has 0 unspecified atom stereocenters. The summed E-state index contributed by atoms with van der Waals surface area (Å²) in [5, 5.41) is 9.58. The van der Waals surface area contributed by atoms with Crippen LogP contribution < -0.4 is 4.74 Å². The van der Waals surface area contributed by atoms with Crippen LogP contribution in [0.2, 0.25) is 5.02 Å². The maximum absolute atomic E-state index is 12.4. The number of aromatic nitrogens is 3. The maximum Gasteiger partial charge on any atom is 0.235 e. The number of likely N-dealkylation sites (tertiary alicyclic amines) is 1. The van der Waals surface area contributed by atoms with Crippen LogP contribution in [0.5, 0.6) is 5.75 Å². The molecule has 8 heteroatoms. The van der Waals surface area contributed by atoms with Crippen LogP contribution in [-0.2, 0) is 18.4 Å². The Morgan fingerprint density at radius 1 is 1.28 bits per heavy atom. The van der Waals surface area contributed by atoms with Gasteiger partial charge in [-0.05, 0) is 44.0 Å². The van der Waals surface area contributed by atoms with E-state index in [1.165, 1.54) is 11.8 Å². The van der Waals surface area contributed by atoms with Crippen molar-refractivity contribution >= 4 is 29.3 Å². The highest BCUT2D eigenvalue weighted by Crippen LogP contribution is 2.25. The number of rotatable bonds is 6. The van der Waals surface area contributed by atoms with E-state index >= 15 is 0 Å². The Labute approximate surface area is 156 Å². The Balaban J connectivity index is 1.58. The molecule has 6 nitrogen and oxygen atoms in total. The van der Waals surface area contributed by atoms with Crippen molar-refractivity contribution in [2.45, 2.75) is 36.8 Å². The van der Waals surface area contributed by atoms with Gasteiger partial charge >= 0.3 is 0 Å². The summed E-state index contributed by atoms with van der Waals surface area (Å²) < 4.78 is 7.58. The van der Waals surface area contributed by atoms with E-state index in [9.17, 15) is 4.79 Å². The lowest BCUT2D eigenvalue weighted by Crippen LogP contribution is -2.34. The normalized spacial score (nSPS) is 15.4. The molecule has 1 fully saturated rings. The van der Waals surface area contributed by atoms with Crippen molar-refractivity contribution in [2.24, 2.45) is 7.05 Å². The number of hydrogen-bond acceptors (Lipinski definition) is 5. The topological polar surface area (TPSA) is 60.3 Å². The van der Waals surface area contributed by atoms with Crippen LogP contribution in [0.25, 0.3) is 0 Å². The zero-order valence-corrected chi connectivity index (χ0v) is 15.9. The fourth-order valence-corrected chi connectivity index (χ4v) is 3.70. The van der Waals surface area contributed by atoms with E-state index in [1.807, 2.05) is 35.6 Å². The predicted molar refractivity (Wildman–Crippen MR) is 97.9 cm³/mol. The Bertz CT molecular complexity index is 729. The predicted octanol–water partition coefficient (Wildman–Crippen LogP) is 3.15. The minimum atomic E-state index is -0.175. The van der Waals surface area contributed by atoms with Gasteiger partial charge in [-0.3, -0.25) is 4.79 Å². The highest BCUT2D eigenvalue weighted by molar-refractivity contribution is 8.00. The third kappa shape index (κ3) is 4.46. The Kier molecular flexibility index (Phi) is 5.86. The number of benzene rings is 1. The fraction of sp³-hybridized carbons (Fsp3) is 0.471. The van der Waals surface area contributed by atoms with Gasteiger partial charge in [0.05, 0.1) is 5.25 Å². The van der Waals surface area contributed by atoms with E-state index in [2.05, 4.69) is 10.2 Å². The summed E-state index contributed by atoms with van der Waals surface area (Å²) in [6.07, 6.45) is 2.19. The van der Waals surface area contributed by atoms with Gasteiger partial charge in [0.1, 0.15) is 12.4 Å². The number of carbonyl (C=O) groups is 1. The summed E-state index contributed by atoms with van der Waals surface area (Å²) in [6, 6.07) is 7.18. The van der Waals surface area contributed by atoms with Crippen molar-refractivity contribution in [3.63, 3.8) is 0 Å². The summed E-state index contributed by atoms with van der Waals surface area (Å²) in [5.41, 5.74) is 0. The van der Waals surface area contributed by atoms with Crippen LogP contribution in [0.4, 0.5) is 0 Å². The number of hydrogen-bond donors (Lipinski definition) is 0. The second-order valence-electron chi connectivity index (χ2n) is 5.99. The Hall–Kier alpha value is -1.73. The Morgan fingerprint density at radius 3 is 2.64 bits per heavy atom. The lowest BCUT2D eigenvalue weighted by atomic mass is 10.3. The van der Waals surface area contributed by atoms with Crippen LogP contribution in [0, 0.1) is 0 Å². The SMILES string of the molecule is C[C@@H](Sc1nnc(COc2ccc(Cl)cc2)n1C)C(=O)N1CCCC1. The molecule has 1 amide bonds. The zero-order chi connectivity index (χ0) is 17.8. The van der Waals surface area contributed by atoms with E-state index in [4.69, 9.17) is 16.3 Å². The fourth-order valence-electron chi connectivity index (χ4n) is 2.66. The molecule has 1 aromatic heterocycles. The van der Waals surface area contributed by atoms with Crippen molar-refractivity contribution in [1.82, 2.24) is 19.7 Å². The average Bonchev–Trinajstić information content (AvgIpc) is 3.25. The molecule has 1 aliphatic rings. The molecule has 0 spiro atoms. The highest BCUT2D eigenvalue weighted by atomic mass is 35.5. The zero-order valence-electron chi connectivity index (χ0n) is 14.3. The molecule has 2 heterocycles. The third-order valence-electron chi connectivity index (χ3n) is 4.15. The molecule has 1 aliphatic heterocycles. The lowest BCUT2D eigenvalue weighted by Gasteiger charge is -2.19. The molecule has 1 atom stereocenters. The second kappa shape index (κ2) is 8.10. The standard InChI is InChI=1S/C17H21ClN4O2S/c1-12(16(23)22-9-3-4-10-22)25-17-20-19-15(21(17)2)11-24-14-7-5-13(18)6-8-14/h5-8,12H,3-4,9-11H2,1-2H3/t12-/m1/s1.